The maximum absolute atomic E-state index is 12.7. The molecule has 12 heteroatoms. The van der Waals surface area contributed by atoms with E-state index in [-0.39, 0.29) is 13.1 Å². The van der Waals surface area contributed by atoms with Crippen molar-refractivity contribution in [3.05, 3.63) is 36.0 Å². The third kappa shape index (κ3) is 5.93. The molecule has 2 heterocycles. The first kappa shape index (κ1) is 23.9. The number of aromatic nitrogens is 1. The maximum atomic E-state index is 12.7. The van der Waals surface area contributed by atoms with Crippen LogP contribution >= 0.6 is 0 Å². The number of carbonyl (C=O) groups excluding carboxylic acids is 1. The average Bonchev–Trinajstić information content (AvgIpc) is 3.19. The number of hydrogen-bond acceptors (Lipinski definition) is 5. The predicted octanol–water partition coefficient (Wildman–Crippen LogP) is 4.13. The monoisotopic (exact) mass is 465 g/mol. The van der Waals surface area contributed by atoms with Gasteiger partial charge in [0.25, 0.3) is 0 Å². The van der Waals surface area contributed by atoms with E-state index >= 15 is 0 Å². The standard InChI is InChI=1S/C20H21F6N3O3/c1-31-15-4-2-13(3-5-15)16-10-14(27-32-16)12-28-6-8-29(9-7-28)18(30)11-17(19(21,22)23)20(24,25)26/h2-5,10,17H,6-9,11-12H2,1H3. The molecule has 0 N–H and O–H groups in total. The highest BCUT2D eigenvalue weighted by molar-refractivity contribution is 5.76. The Morgan fingerprint density at radius 2 is 1.66 bits per heavy atom. The van der Waals surface area contributed by atoms with Gasteiger partial charge in [0, 0.05) is 50.8 Å². The highest BCUT2D eigenvalue weighted by Crippen LogP contribution is 2.41. The van der Waals surface area contributed by atoms with E-state index in [2.05, 4.69) is 5.16 Å². The molecule has 0 atom stereocenters. The van der Waals surface area contributed by atoms with Crippen LogP contribution in [0.3, 0.4) is 0 Å². The van der Waals surface area contributed by atoms with Crippen molar-refractivity contribution >= 4 is 5.91 Å². The number of piperazine rings is 1. The minimum Gasteiger partial charge on any atom is -0.497 e. The Balaban J connectivity index is 1.52. The zero-order valence-corrected chi connectivity index (χ0v) is 17.0. The number of amides is 1. The first-order valence-corrected chi connectivity index (χ1v) is 9.71. The van der Waals surface area contributed by atoms with Gasteiger partial charge in [-0.15, -0.1) is 0 Å². The molecule has 2 aromatic rings. The van der Waals surface area contributed by atoms with Crippen molar-refractivity contribution in [1.29, 1.82) is 0 Å². The van der Waals surface area contributed by atoms with Gasteiger partial charge in [0.15, 0.2) is 11.7 Å². The van der Waals surface area contributed by atoms with Crippen LogP contribution in [0.15, 0.2) is 34.9 Å². The van der Waals surface area contributed by atoms with Gasteiger partial charge in [0.05, 0.1) is 12.8 Å². The number of hydrogen-bond donors (Lipinski definition) is 0. The molecule has 0 aliphatic carbocycles. The molecule has 1 aromatic carbocycles. The lowest BCUT2D eigenvalue weighted by Crippen LogP contribution is -2.50. The molecule has 3 rings (SSSR count). The predicted molar refractivity (Wildman–Crippen MR) is 101 cm³/mol. The van der Waals surface area contributed by atoms with Crippen molar-refractivity contribution in [2.45, 2.75) is 25.3 Å². The number of alkyl halides is 6. The van der Waals surface area contributed by atoms with Crippen molar-refractivity contribution in [2.75, 3.05) is 33.3 Å². The lowest BCUT2D eigenvalue weighted by molar-refractivity contribution is -0.284. The number of ether oxygens (including phenoxy) is 1. The van der Waals surface area contributed by atoms with Gasteiger partial charge in [-0.05, 0) is 24.3 Å². The minimum atomic E-state index is -5.52. The van der Waals surface area contributed by atoms with Crippen LogP contribution < -0.4 is 4.74 Å². The summed E-state index contributed by atoms with van der Waals surface area (Å²) in [5.74, 6) is -3.58. The fourth-order valence-corrected chi connectivity index (χ4v) is 3.38. The molecule has 0 saturated carbocycles. The van der Waals surface area contributed by atoms with E-state index < -0.39 is 30.6 Å². The Morgan fingerprint density at radius 1 is 1.06 bits per heavy atom. The summed E-state index contributed by atoms with van der Waals surface area (Å²) in [6.07, 6.45) is -12.7. The summed E-state index contributed by atoms with van der Waals surface area (Å²) in [7, 11) is 1.56. The summed E-state index contributed by atoms with van der Waals surface area (Å²) in [6, 6.07) is 8.91. The number of methoxy groups -OCH3 is 1. The Hall–Kier alpha value is -2.76. The lowest BCUT2D eigenvalue weighted by atomic mass is 10.0. The van der Waals surface area contributed by atoms with E-state index in [4.69, 9.17) is 9.26 Å². The molecule has 1 amide bonds. The third-order valence-electron chi connectivity index (χ3n) is 5.21. The van der Waals surface area contributed by atoms with Crippen LogP contribution in [0.5, 0.6) is 5.75 Å². The summed E-state index contributed by atoms with van der Waals surface area (Å²) < 4.78 is 86.6. The quantitative estimate of drug-likeness (QED) is 0.601. The lowest BCUT2D eigenvalue weighted by Gasteiger charge is -2.35. The second kappa shape index (κ2) is 9.39. The molecule has 1 saturated heterocycles. The van der Waals surface area contributed by atoms with Crippen molar-refractivity contribution < 1.29 is 40.4 Å². The molecule has 0 spiro atoms. The van der Waals surface area contributed by atoms with Crippen LogP contribution in [0.1, 0.15) is 12.1 Å². The van der Waals surface area contributed by atoms with E-state index in [1.807, 2.05) is 17.0 Å². The van der Waals surface area contributed by atoms with Gasteiger partial charge >= 0.3 is 12.4 Å². The Labute approximate surface area is 179 Å². The molecule has 6 nitrogen and oxygen atoms in total. The molecule has 0 radical (unpaired) electrons. The van der Waals surface area contributed by atoms with Crippen LogP contribution in [0.4, 0.5) is 26.3 Å². The van der Waals surface area contributed by atoms with Crippen LogP contribution in [0, 0.1) is 5.92 Å². The second-order valence-corrected chi connectivity index (χ2v) is 7.41. The first-order valence-electron chi connectivity index (χ1n) is 9.71. The molecule has 176 valence electrons. The number of benzene rings is 1. The smallest absolute Gasteiger partial charge is 0.400 e. The van der Waals surface area contributed by atoms with E-state index in [0.717, 1.165) is 10.5 Å². The molecular formula is C20H21F6N3O3. The summed E-state index contributed by atoms with van der Waals surface area (Å²) >= 11 is 0. The molecule has 1 aliphatic heterocycles. The first-order chi connectivity index (χ1) is 15.0. The van der Waals surface area contributed by atoms with Gasteiger partial charge in [0.1, 0.15) is 5.75 Å². The van der Waals surface area contributed by atoms with Gasteiger partial charge < -0.3 is 14.2 Å². The van der Waals surface area contributed by atoms with Crippen molar-refractivity contribution in [3.63, 3.8) is 0 Å². The van der Waals surface area contributed by atoms with Crippen LogP contribution in [-0.4, -0.2) is 66.5 Å². The number of carbonyl (C=O) groups is 1. The van der Waals surface area contributed by atoms with Crippen LogP contribution in [-0.2, 0) is 11.3 Å². The fourth-order valence-electron chi connectivity index (χ4n) is 3.38. The fraction of sp³-hybridized carbons (Fsp3) is 0.500. The topological polar surface area (TPSA) is 58.8 Å². The van der Waals surface area contributed by atoms with E-state index in [1.165, 1.54) is 0 Å². The molecule has 1 aromatic heterocycles. The minimum absolute atomic E-state index is 0.0322. The molecule has 1 fully saturated rings. The number of nitrogens with zero attached hydrogens (tertiary/aromatic N) is 3. The third-order valence-corrected chi connectivity index (χ3v) is 5.21. The van der Waals surface area contributed by atoms with Gasteiger partial charge in [-0.25, -0.2) is 0 Å². The number of rotatable bonds is 6. The SMILES string of the molecule is COc1ccc(-c2cc(CN3CCN(C(=O)CC(C(F)(F)F)C(F)(F)F)CC3)no2)cc1. The highest BCUT2D eigenvalue weighted by Gasteiger charge is 2.57. The number of halogens is 6. The average molecular weight is 465 g/mol. The summed E-state index contributed by atoms with van der Waals surface area (Å²) in [5.41, 5.74) is 1.41. The van der Waals surface area contributed by atoms with Gasteiger partial charge in [-0.2, -0.15) is 26.3 Å². The van der Waals surface area contributed by atoms with E-state index in [9.17, 15) is 31.1 Å². The Bertz CT molecular complexity index is 889. The largest absolute Gasteiger partial charge is 0.497 e. The van der Waals surface area contributed by atoms with E-state index in [1.54, 1.807) is 25.3 Å². The Morgan fingerprint density at radius 3 is 2.19 bits per heavy atom. The summed E-state index contributed by atoms with van der Waals surface area (Å²) in [6.45, 7) is 1.02. The summed E-state index contributed by atoms with van der Waals surface area (Å²) in [5, 5.41) is 4.00. The van der Waals surface area contributed by atoms with Crippen LogP contribution in [0.25, 0.3) is 11.3 Å². The Kier molecular flexibility index (Phi) is 7.01. The maximum Gasteiger partial charge on any atom is 0.400 e. The van der Waals surface area contributed by atoms with Gasteiger partial charge in [-0.3, -0.25) is 9.69 Å². The van der Waals surface area contributed by atoms with Gasteiger partial charge in [-0.1, -0.05) is 5.16 Å². The molecule has 0 bridgehead atoms. The zero-order valence-electron chi connectivity index (χ0n) is 17.0. The normalized spacial score (nSPS) is 15.9. The second-order valence-electron chi connectivity index (χ2n) is 7.41. The van der Waals surface area contributed by atoms with Crippen LogP contribution in [0.2, 0.25) is 0 Å². The molecule has 0 unspecified atom stereocenters. The zero-order chi connectivity index (χ0) is 23.5. The van der Waals surface area contributed by atoms with Crippen molar-refractivity contribution in [3.8, 4) is 17.1 Å². The molecular weight excluding hydrogens is 444 g/mol. The van der Waals surface area contributed by atoms with E-state index in [0.29, 0.717) is 36.8 Å². The van der Waals surface area contributed by atoms with Crippen molar-refractivity contribution in [1.82, 2.24) is 15.0 Å². The van der Waals surface area contributed by atoms with Gasteiger partial charge in [0.2, 0.25) is 5.91 Å². The van der Waals surface area contributed by atoms with Crippen molar-refractivity contribution in [2.24, 2.45) is 5.92 Å². The summed E-state index contributed by atoms with van der Waals surface area (Å²) in [4.78, 5) is 15.0. The highest BCUT2D eigenvalue weighted by atomic mass is 19.4. The molecule has 32 heavy (non-hydrogen) atoms. The molecule has 1 aliphatic rings.